The maximum Gasteiger partial charge on any atom is 0.160 e. The molecule has 2 rings (SSSR count). The van der Waals surface area contributed by atoms with E-state index < -0.39 is 6.47 Å². The van der Waals surface area contributed by atoms with E-state index in [0.29, 0.717) is 0 Å². The van der Waals surface area contributed by atoms with E-state index in [0.717, 1.165) is 0 Å². The first-order chi connectivity index (χ1) is 8.83. The molecule has 0 saturated carbocycles. The van der Waals surface area contributed by atoms with Crippen LogP contribution in [0.1, 0.15) is 6.92 Å². The topological polar surface area (TPSA) is 40.1 Å². The highest BCUT2D eigenvalue weighted by Gasteiger charge is 2.21. The van der Waals surface area contributed by atoms with E-state index in [9.17, 15) is 0 Å². The summed E-state index contributed by atoms with van der Waals surface area (Å²) in [5.74, 6) is 1.17. The molecule has 0 bridgehead atoms. The van der Waals surface area contributed by atoms with E-state index in [4.69, 9.17) is 9.90 Å². The summed E-state index contributed by atoms with van der Waals surface area (Å²) in [5.41, 5.74) is 0. The Morgan fingerprint density at radius 3 is 1.56 bits per heavy atom. The van der Waals surface area contributed by atoms with E-state index in [-0.39, 0.29) is 10.9 Å². The van der Waals surface area contributed by atoms with Crippen LogP contribution in [0.15, 0.2) is 70.5 Å². The molecule has 94 valence electrons. The summed E-state index contributed by atoms with van der Waals surface area (Å²) >= 11 is 0. The lowest BCUT2D eigenvalue weighted by atomic mass is 10.4. The number of hydrogen-bond acceptors (Lipinski definition) is 2. The van der Waals surface area contributed by atoms with Crippen LogP contribution in [0.3, 0.4) is 0 Å². The summed E-state index contributed by atoms with van der Waals surface area (Å²) < 4.78 is 0. The third-order valence-corrected chi connectivity index (χ3v) is 4.60. The van der Waals surface area contributed by atoms with Gasteiger partial charge >= 0.3 is 0 Å². The largest absolute Gasteiger partial charge is 0.554 e. The van der Waals surface area contributed by atoms with Crippen LogP contribution in [0.4, 0.5) is 0 Å². The number of carbonyl (C=O) groups is 1. The van der Waals surface area contributed by atoms with Crippen molar-refractivity contribution in [2.45, 2.75) is 16.7 Å². The summed E-state index contributed by atoms with van der Waals surface area (Å²) in [5, 5.41) is 8.25. The SMILES string of the molecule is CC[S+](c1ccccc1)c1ccccc1.O=C[O-]. The maximum absolute atomic E-state index is 8.25. The van der Waals surface area contributed by atoms with Gasteiger partial charge in [-0.3, -0.25) is 0 Å². The van der Waals surface area contributed by atoms with Crippen molar-refractivity contribution in [3.63, 3.8) is 0 Å². The standard InChI is InChI=1S/C14H15S.CH2O2/c1-2-15(13-9-5-3-6-10-13)14-11-7-4-8-12-14;2-1-3/h3-12H,2H2,1H3;1H,(H,2,3)/q+1;/p-1. The molecule has 0 radical (unpaired) electrons. The van der Waals surface area contributed by atoms with E-state index in [1.807, 2.05) is 0 Å². The van der Waals surface area contributed by atoms with Crippen LogP contribution in [0.5, 0.6) is 0 Å². The van der Waals surface area contributed by atoms with E-state index in [2.05, 4.69) is 67.6 Å². The van der Waals surface area contributed by atoms with Gasteiger partial charge in [0.1, 0.15) is 5.75 Å². The van der Waals surface area contributed by atoms with Gasteiger partial charge in [-0.05, 0) is 31.2 Å². The van der Waals surface area contributed by atoms with Crippen molar-refractivity contribution >= 4 is 17.4 Å². The second kappa shape index (κ2) is 8.37. The van der Waals surface area contributed by atoms with Crippen molar-refractivity contribution in [3.05, 3.63) is 60.7 Å². The van der Waals surface area contributed by atoms with Crippen molar-refractivity contribution < 1.29 is 9.90 Å². The van der Waals surface area contributed by atoms with E-state index in [1.165, 1.54) is 15.5 Å². The van der Waals surface area contributed by atoms with Crippen LogP contribution in [0.2, 0.25) is 0 Å². The first kappa shape index (κ1) is 14.3. The van der Waals surface area contributed by atoms with Gasteiger partial charge < -0.3 is 9.90 Å². The van der Waals surface area contributed by atoms with Crippen LogP contribution in [-0.2, 0) is 15.7 Å². The Labute approximate surface area is 111 Å². The van der Waals surface area contributed by atoms with Gasteiger partial charge in [-0.1, -0.05) is 36.4 Å². The quantitative estimate of drug-likeness (QED) is 0.626. The molecule has 0 amide bonds. The molecule has 0 aromatic heterocycles. The Hall–Kier alpha value is -1.74. The third-order valence-electron chi connectivity index (χ3n) is 2.34. The fraction of sp³-hybridized carbons (Fsp3) is 0.133. The Bertz CT molecular complexity index is 403. The van der Waals surface area contributed by atoms with Gasteiger partial charge in [0, 0.05) is 6.47 Å². The predicted molar refractivity (Wildman–Crippen MR) is 73.4 cm³/mol. The zero-order chi connectivity index (χ0) is 13.2. The van der Waals surface area contributed by atoms with Crippen molar-refractivity contribution in [2.24, 2.45) is 0 Å². The summed E-state index contributed by atoms with van der Waals surface area (Å²) in [6.45, 7) is 1.75. The zero-order valence-corrected chi connectivity index (χ0v) is 11.1. The molecule has 0 spiro atoms. The minimum Gasteiger partial charge on any atom is -0.554 e. The Kier molecular flexibility index (Phi) is 6.66. The molecule has 2 aromatic carbocycles. The maximum atomic E-state index is 8.25. The van der Waals surface area contributed by atoms with Gasteiger partial charge in [0.15, 0.2) is 9.79 Å². The van der Waals surface area contributed by atoms with Gasteiger partial charge in [-0.2, -0.15) is 0 Å². The van der Waals surface area contributed by atoms with Gasteiger partial charge in [-0.25, -0.2) is 0 Å². The summed E-state index contributed by atoms with van der Waals surface area (Å²) in [6, 6.07) is 21.5. The molecule has 0 heterocycles. The lowest BCUT2D eigenvalue weighted by Crippen LogP contribution is -2.05. The zero-order valence-electron chi connectivity index (χ0n) is 10.3. The first-order valence-electron chi connectivity index (χ1n) is 5.70. The molecule has 0 N–H and O–H groups in total. The minimum atomic E-state index is -0.500. The lowest BCUT2D eigenvalue weighted by Gasteiger charge is -2.04. The van der Waals surface area contributed by atoms with Crippen molar-refractivity contribution in [3.8, 4) is 0 Å². The number of hydrogen-bond donors (Lipinski definition) is 0. The summed E-state index contributed by atoms with van der Waals surface area (Å²) in [6.07, 6.45) is 0. The molecule has 18 heavy (non-hydrogen) atoms. The molecule has 3 heteroatoms. The molecule has 2 nitrogen and oxygen atoms in total. The van der Waals surface area contributed by atoms with Crippen molar-refractivity contribution in [1.82, 2.24) is 0 Å². The summed E-state index contributed by atoms with van der Waals surface area (Å²) in [7, 11) is 0.242. The molecule has 2 aromatic rings. The Balaban J connectivity index is 0.000000492. The molecule has 0 saturated heterocycles. The monoisotopic (exact) mass is 260 g/mol. The lowest BCUT2D eigenvalue weighted by molar-refractivity contribution is -0.283. The van der Waals surface area contributed by atoms with Gasteiger partial charge in [0.05, 0.1) is 10.9 Å². The van der Waals surface area contributed by atoms with Crippen LogP contribution in [-0.4, -0.2) is 12.2 Å². The van der Waals surface area contributed by atoms with Crippen LogP contribution < -0.4 is 5.11 Å². The fourth-order valence-corrected chi connectivity index (χ4v) is 3.55. The minimum absolute atomic E-state index is 0.242. The average molecular weight is 260 g/mol. The van der Waals surface area contributed by atoms with E-state index >= 15 is 0 Å². The van der Waals surface area contributed by atoms with Gasteiger partial charge in [-0.15, -0.1) is 0 Å². The average Bonchev–Trinajstić information content (AvgIpc) is 2.43. The molecule has 0 unspecified atom stereocenters. The smallest absolute Gasteiger partial charge is 0.160 e. The molecular weight excluding hydrogens is 244 g/mol. The third kappa shape index (κ3) is 4.26. The number of benzene rings is 2. The number of carbonyl (C=O) groups excluding carboxylic acids is 1. The second-order valence-corrected chi connectivity index (χ2v) is 5.70. The number of carboxylic acid groups (broad SMARTS) is 1. The number of rotatable bonds is 3. The van der Waals surface area contributed by atoms with Crippen molar-refractivity contribution in [2.75, 3.05) is 5.75 Å². The van der Waals surface area contributed by atoms with Gasteiger partial charge in [0.25, 0.3) is 0 Å². The predicted octanol–water partition coefficient (Wildman–Crippen LogP) is 2.11. The molecule has 0 aliphatic carbocycles. The first-order valence-corrected chi connectivity index (χ1v) is 7.09. The summed E-state index contributed by atoms with van der Waals surface area (Å²) in [4.78, 5) is 11.1. The Morgan fingerprint density at radius 1 is 0.944 bits per heavy atom. The highest BCUT2D eigenvalue weighted by atomic mass is 32.2. The van der Waals surface area contributed by atoms with Crippen LogP contribution >= 0.6 is 0 Å². The molecule has 0 atom stereocenters. The molecule has 0 aliphatic heterocycles. The van der Waals surface area contributed by atoms with Crippen molar-refractivity contribution in [1.29, 1.82) is 0 Å². The van der Waals surface area contributed by atoms with Crippen LogP contribution in [0, 0.1) is 0 Å². The second-order valence-electron chi connectivity index (χ2n) is 3.40. The molecule has 0 aliphatic rings. The van der Waals surface area contributed by atoms with Crippen LogP contribution in [0.25, 0.3) is 0 Å². The highest BCUT2D eigenvalue weighted by molar-refractivity contribution is 7.97. The molecule has 0 fully saturated rings. The highest BCUT2D eigenvalue weighted by Crippen LogP contribution is 2.22. The normalized spacial score (nSPS) is 9.44. The van der Waals surface area contributed by atoms with E-state index in [1.54, 1.807) is 0 Å². The van der Waals surface area contributed by atoms with Gasteiger partial charge in [0.2, 0.25) is 0 Å². The Morgan fingerprint density at radius 2 is 1.28 bits per heavy atom. The fourth-order valence-electron chi connectivity index (χ4n) is 1.64. The molecular formula is C15H16O2S.